The van der Waals surface area contributed by atoms with Crippen molar-refractivity contribution in [1.29, 1.82) is 5.26 Å². The summed E-state index contributed by atoms with van der Waals surface area (Å²) in [5.74, 6) is 0. The van der Waals surface area contributed by atoms with Crippen molar-refractivity contribution in [3.63, 3.8) is 0 Å². The van der Waals surface area contributed by atoms with E-state index in [9.17, 15) is 0 Å². The first kappa shape index (κ1) is 13.1. The maximum Gasteiger partial charge on any atom is 0.182 e. The number of aromatic nitrogens is 2. The molecule has 0 fully saturated rings. The monoisotopic (exact) mass is 343 g/mol. The smallest absolute Gasteiger partial charge is 0.182 e. The highest BCUT2D eigenvalue weighted by Crippen LogP contribution is 2.27. The highest BCUT2D eigenvalue weighted by atomic mass is 79.9. The normalized spacial score (nSPS) is 10.7. The number of aromatic amines is 1. The largest absolute Gasteiger partial charge is 0.330 e. The van der Waals surface area contributed by atoms with Crippen LogP contribution in [0.1, 0.15) is 11.1 Å². The average Bonchev–Trinajstić information content (AvgIpc) is 2.76. The lowest BCUT2D eigenvalue weighted by Gasteiger charge is -2.08. The molecule has 0 radical (unpaired) electrons. The predicted octanol–water partition coefficient (Wildman–Crippen LogP) is 4.63. The Bertz CT molecular complexity index is 915. The zero-order chi connectivity index (χ0) is 14.3. The third kappa shape index (κ3) is 2.07. The topological polar surface area (TPSA) is 44.5 Å². The molecule has 0 aliphatic heterocycles. The van der Waals surface area contributed by atoms with Crippen molar-refractivity contribution in [3.05, 3.63) is 56.8 Å². The number of nitrogens with zero attached hydrogens (tertiary/aromatic N) is 2. The van der Waals surface area contributed by atoms with Crippen molar-refractivity contribution < 1.29 is 0 Å². The molecule has 3 rings (SSSR count). The minimum Gasteiger partial charge on any atom is -0.330 e. The van der Waals surface area contributed by atoms with Crippen LogP contribution >= 0.6 is 28.1 Å². The lowest BCUT2D eigenvalue weighted by atomic mass is 10.2. The van der Waals surface area contributed by atoms with Crippen LogP contribution in [0.25, 0.3) is 16.7 Å². The van der Waals surface area contributed by atoms with Gasteiger partial charge in [-0.1, -0.05) is 6.07 Å². The summed E-state index contributed by atoms with van der Waals surface area (Å²) in [7, 11) is 0. The Morgan fingerprint density at radius 3 is 2.80 bits per heavy atom. The van der Waals surface area contributed by atoms with Crippen molar-refractivity contribution in [3.8, 4) is 11.8 Å². The van der Waals surface area contributed by atoms with Gasteiger partial charge in [-0.3, -0.25) is 4.57 Å². The molecule has 3 aromatic rings. The number of imidazole rings is 1. The summed E-state index contributed by atoms with van der Waals surface area (Å²) >= 11 is 8.98. The number of aryl methyl sites for hydroxylation is 1. The van der Waals surface area contributed by atoms with Crippen LogP contribution in [-0.4, -0.2) is 9.55 Å². The van der Waals surface area contributed by atoms with Gasteiger partial charge in [-0.05, 0) is 71.0 Å². The molecule has 0 bridgehead atoms. The van der Waals surface area contributed by atoms with Gasteiger partial charge in [-0.15, -0.1) is 0 Å². The molecular formula is C15H10BrN3S. The number of nitrogens with one attached hydrogen (secondary N) is 1. The van der Waals surface area contributed by atoms with Gasteiger partial charge in [0.25, 0.3) is 0 Å². The van der Waals surface area contributed by atoms with Crippen LogP contribution in [0.5, 0.6) is 0 Å². The van der Waals surface area contributed by atoms with Gasteiger partial charge in [-0.25, -0.2) is 0 Å². The van der Waals surface area contributed by atoms with Gasteiger partial charge in [0, 0.05) is 4.47 Å². The number of benzene rings is 2. The highest BCUT2D eigenvalue weighted by molar-refractivity contribution is 9.10. The van der Waals surface area contributed by atoms with Crippen LogP contribution in [0.2, 0.25) is 0 Å². The summed E-state index contributed by atoms with van der Waals surface area (Å²) in [4.78, 5) is 3.17. The molecule has 0 aliphatic carbocycles. The van der Waals surface area contributed by atoms with E-state index in [0.717, 1.165) is 26.8 Å². The molecule has 98 valence electrons. The standard InChI is InChI=1S/C15H10BrN3S/c1-9-2-4-11(16)13(6-9)19-14-7-10(8-17)3-5-12(14)18-15(19)20/h2-7H,1H3,(H,18,20). The van der Waals surface area contributed by atoms with E-state index < -0.39 is 0 Å². The SMILES string of the molecule is Cc1ccc(Br)c(-n2c(=S)[nH]c3ccc(C#N)cc32)c1. The Morgan fingerprint density at radius 2 is 2.05 bits per heavy atom. The molecule has 20 heavy (non-hydrogen) atoms. The quantitative estimate of drug-likeness (QED) is 0.654. The molecule has 0 atom stereocenters. The number of fused-ring (bicyclic) bond motifs is 1. The van der Waals surface area contributed by atoms with E-state index >= 15 is 0 Å². The number of rotatable bonds is 1. The number of hydrogen-bond acceptors (Lipinski definition) is 2. The fourth-order valence-electron chi connectivity index (χ4n) is 2.21. The average molecular weight is 344 g/mol. The lowest BCUT2D eigenvalue weighted by molar-refractivity contribution is 1.05. The molecular weight excluding hydrogens is 334 g/mol. The van der Waals surface area contributed by atoms with E-state index in [-0.39, 0.29) is 0 Å². The van der Waals surface area contributed by atoms with Crippen molar-refractivity contribution >= 4 is 39.2 Å². The molecule has 0 amide bonds. The van der Waals surface area contributed by atoms with Crippen LogP contribution in [0, 0.1) is 23.0 Å². The van der Waals surface area contributed by atoms with Gasteiger partial charge in [0.2, 0.25) is 0 Å². The molecule has 2 aromatic carbocycles. The minimum absolute atomic E-state index is 0.612. The molecule has 1 aromatic heterocycles. The zero-order valence-corrected chi connectivity index (χ0v) is 13.0. The second kappa shape index (κ2) is 4.89. The molecule has 0 saturated heterocycles. The van der Waals surface area contributed by atoms with Crippen LogP contribution in [-0.2, 0) is 0 Å². The molecule has 0 spiro atoms. The third-order valence-corrected chi connectivity index (χ3v) is 4.11. The van der Waals surface area contributed by atoms with Crippen LogP contribution < -0.4 is 0 Å². The van der Waals surface area contributed by atoms with E-state index in [1.165, 1.54) is 0 Å². The van der Waals surface area contributed by atoms with Crippen molar-refractivity contribution in [1.82, 2.24) is 9.55 Å². The zero-order valence-electron chi connectivity index (χ0n) is 10.6. The molecule has 0 aliphatic rings. The Hall–Kier alpha value is -1.90. The van der Waals surface area contributed by atoms with Gasteiger partial charge in [0.15, 0.2) is 4.77 Å². The minimum atomic E-state index is 0.612. The second-order valence-corrected chi connectivity index (χ2v) is 5.81. The van der Waals surface area contributed by atoms with E-state index in [1.54, 1.807) is 6.07 Å². The van der Waals surface area contributed by atoms with E-state index in [2.05, 4.69) is 33.0 Å². The highest BCUT2D eigenvalue weighted by Gasteiger charge is 2.10. The van der Waals surface area contributed by atoms with Crippen molar-refractivity contribution in [2.24, 2.45) is 0 Å². The Morgan fingerprint density at radius 1 is 1.25 bits per heavy atom. The van der Waals surface area contributed by atoms with Crippen LogP contribution in [0.15, 0.2) is 40.9 Å². The van der Waals surface area contributed by atoms with Crippen LogP contribution in [0.3, 0.4) is 0 Å². The summed E-state index contributed by atoms with van der Waals surface area (Å²) in [5, 5.41) is 9.06. The Labute approximate surface area is 129 Å². The van der Waals surface area contributed by atoms with Gasteiger partial charge in [0.05, 0.1) is 28.4 Å². The fourth-order valence-corrected chi connectivity index (χ4v) is 2.94. The Kier molecular flexibility index (Phi) is 3.20. The van der Waals surface area contributed by atoms with Gasteiger partial charge >= 0.3 is 0 Å². The maximum absolute atomic E-state index is 9.06. The van der Waals surface area contributed by atoms with Gasteiger partial charge in [-0.2, -0.15) is 5.26 Å². The number of H-pyrrole nitrogens is 1. The first-order valence-corrected chi connectivity index (χ1v) is 7.21. The van der Waals surface area contributed by atoms with Gasteiger partial charge in [0.1, 0.15) is 0 Å². The Balaban J connectivity index is 2.41. The molecule has 3 nitrogen and oxygen atoms in total. The van der Waals surface area contributed by atoms with Crippen molar-refractivity contribution in [2.45, 2.75) is 6.92 Å². The number of hydrogen-bond donors (Lipinski definition) is 1. The molecule has 1 heterocycles. The summed E-state index contributed by atoms with van der Waals surface area (Å²) in [6.07, 6.45) is 0. The summed E-state index contributed by atoms with van der Waals surface area (Å²) in [6, 6.07) is 13.8. The van der Waals surface area contributed by atoms with E-state index in [1.807, 2.05) is 35.8 Å². The second-order valence-electron chi connectivity index (χ2n) is 4.56. The fraction of sp³-hybridized carbons (Fsp3) is 0.0667. The van der Waals surface area contributed by atoms with Gasteiger partial charge < -0.3 is 4.98 Å². The summed E-state index contributed by atoms with van der Waals surface area (Å²) < 4.78 is 3.52. The first-order valence-electron chi connectivity index (χ1n) is 6.01. The maximum atomic E-state index is 9.06. The first-order chi connectivity index (χ1) is 9.60. The van der Waals surface area contributed by atoms with E-state index in [0.29, 0.717) is 10.3 Å². The van der Waals surface area contributed by atoms with Crippen LogP contribution in [0.4, 0.5) is 0 Å². The van der Waals surface area contributed by atoms with E-state index in [4.69, 9.17) is 17.5 Å². The molecule has 5 heteroatoms. The summed E-state index contributed by atoms with van der Waals surface area (Å²) in [5.41, 5.74) is 4.55. The van der Waals surface area contributed by atoms with Crippen molar-refractivity contribution in [2.75, 3.05) is 0 Å². The number of nitriles is 1. The predicted molar refractivity (Wildman–Crippen MR) is 85.6 cm³/mol. The molecule has 0 saturated carbocycles. The molecule has 1 N–H and O–H groups in total. The lowest BCUT2D eigenvalue weighted by Crippen LogP contribution is -1.96. The molecule has 0 unspecified atom stereocenters. The summed E-state index contributed by atoms with van der Waals surface area (Å²) in [6.45, 7) is 2.04. The number of halogens is 1. The third-order valence-electron chi connectivity index (χ3n) is 3.15.